The summed E-state index contributed by atoms with van der Waals surface area (Å²) in [5, 5.41) is 0. The first-order valence-electron chi connectivity index (χ1n) is 9.14. The largest absolute Gasteiger partial charge is 0.441 e. The van der Waals surface area contributed by atoms with Crippen LogP contribution in [0.3, 0.4) is 0 Å². The first-order valence-corrected chi connectivity index (χ1v) is 9.14. The Morgan fingerprint density at radius 2 is 2.20 bits per heavy atom. The monoisotopic (exact) mass is 339 g/mol. The minimum absolute atomic E-state index is 0.171. The zero-order chi connectivity index (χ0) is 18.0. The van der Waals surface area contributed by atoms with Gasteiger partial charge >= 0.3 is 0 Å². The van der Waals surface area contributed by atoms with Gasteiger partial charge in [-0.25, -0.2) is 0 Å². The zero-order valence-corrected chi connectivity index (χ0v) is 15.6. The Morgan fingerprint density at radius 3 is 2.92 bits per heavy atom. The van der Waals surface area contributed by atoms with Crippen LogP contribution in [0.1, 0.15) is 33.1 Å². The van der Waals surface area contributed by atoms with Gasteiger partial charge in [0.15, 0.2) is 0 Å². The average molecular weight is 339 g/mol. The second-order valence-corrected chi connectivity index (χ2v) is 7.21. The standard InChI is InChI=1S/C21H29N3O/c1-6-24-12-7-8-20(24)21(22-15(2)3)25-16(4)17-9-10-19-18(14-17)11-13-23(19)5/h6,9-11,13,15,18,20H,1,4,7-8,12,14H2,2-3,5H3. The normalized spacial score (nSPS) is 25.8. The highest BCUT2D eigenvalue weighted by Crippen LogP contribution is 2.35. The summed E-state index contributed by atoms with van der Waals surface area (Å²) in [5.41, 5.74) is 2.48. The molecule has 134 valence electrons. The van der Waals surface area contributed by atoms with E-state index in [1.165, 1.54) is 5.70 Å². The molecule has 3 aliphatic rings. The van der Waals surface area contributed by atoms with Crippen LogP contribution in [0.2, 0.25) is 0 Å². The molecule has 4 nitrogen and oxygen atoms in total. The van der Waals surface area contributed by atoms with Crippen LogP contribution in [0.25, 0.3) is 0 Å². The number of allylic oxidation sites excluding steroid dienone is 4. The van der Waals surface area contributed by atoms with Crippen molar-refractivity contribution in [3.8, 4) is 0 Å². The van der Waals surface area contributed by atoms with Crippen molar-refractivity contribution in [2.24, 2.45) is 10.9 Å². The van der Waals surface area contributed by atoms with E-state index in [1.807, 2.05) is 6.20 Å². The molecule has 2 aliphatic heterocycles. The molecule has 2 atom stereocenters. The molecule has 0 aromatic carbocycles. The molecule has 0 saturated carbocycles. The second kappa shape index (κ2) is 7.34. The van der Waals surface area contributed by atoms with E-state index in [9.17, 15) is 0 Å². The third-order valence-corrected chi connectivity index (χ3v) is 5.01. The molecule has 0 aromatic heterocycles. The lowest BCUT2D eigenvalue weighted by molar-refractivity contribution is 0.332. The maximum atomic E-state index is 6.22. The molecule has 2 heterocycles. The van der Waals surface area contributed by atoms with Crippen LogP contribution < -0.4 is 0 Å². The molecule has 4 heteroatoms. The van der Waals surface area contributed by atoms with Gasteiger partial charge in [0.05, 0.1) is 0 Å². The highest BCUT2D eigenvalue weighted by atomic mass is 16.5. The van der Waals surface area contributed by atoms with Gasteiger partial charge in [-0.15, -0.1) is 0 Å². The van der Waals surface area contributed by atoms with Gasteiger partial charge < -0.3 is 14.5 Å². The summed E-state index contributed by atoms with van der Waals surface area (Å²) in [5.74, 6) is 1.91. The summed E-state index contributed by atoms with van der Waals surface area (Å²) in [6.45, 7) is 13.3. The van der Waals surface area contributed by atoms with Crippen molar-refractivity contribution >= 4 is 5.90 Å². The van der Waals surface area contributed by atoms with E-state index >= 15 is 0 Å². The molecule has 25 heavy (non-hydrogen) atoms. The fourth-order valence-corrected chi connectivity index (χ4v) is 3.69. The van der Waals surface area contributed by atoms with Crippen molar-refractivity contribution in [2.45, 2.75) is 45.2 Å². The summed E-state index contributed by atoms with van der Waals surface area (Å²) in [4.78, 5) is 9.14. The fourth-order valence-electron chi connectivity index (χ4n) is 3.69. The number of ether oxygens (including phenoxy) is 1. The summed E-state index contributed by atoms with van der Waals surface area (Å²) < 4.78 is 6.22. The van der Waals surface area contributed by atoms with Gasteiger partial charge in [-0.1, -0.05) is 25.3 Å². The molecular formula is C21H29N3O. The van der Waals surface area contributed by atoms with Gasteiger partial charge in [-0.3, -0.25) is 4.99 Å². The first-order chi connectivity index (χ1) is 12.0. The topological polar surface area (TPSA) is 28.1 Å². The number of likely N-dealkylation sites (tertiary alicyclic amines) is 1. The third-order valence-electron chi connectivity index (χ3n) is 5.01. The first kappa shape index (κ1) is 17.6. The van der Waals surface area contributed by atoms with E-state index in [4.69, 9.17) is 9.73 Å². The van der Waals surface area contributed by atoms with Crippen LogP contribution in [0, 0.1) is 5.92 Å². The molecular weight excluding hydrogens is 310 g/mol. The number of nitrogens with zero attached hydrogens (tertiary/aromatic N) is 3. The quantitative estimate of drug-likeness (QED) is 0.426. The number of aliphatic imine (C=N–C) groups is 1. The Bertz CT molecular complexity index is 669. The maximum absolute atomic E-state index is 6.22. The van der Waals surface area contributed by atoms with Gasteiger partial charge in [0, 0.05) is 37.4 Å². The predicted molar refractivity (Wildman–Crippen MR) is 104 cm³/mol. The van der Waals surface area contributed by atoms with Crippen LogP contribution in [-0.4, -0.2) is 41.4 Å². The van der Waals surface area contributed by atoms with Crippen molar-refractivity contribution in [1.82, 2.24) is 9.80 Å². The van der Waals surface area contributed by atoms with Crippen molar-refractivity contribution < 1.29 is 4.74 Å². The van der Waals surface area contributed by atoms with E-state index in [1.54, 1.807) is 0 Å². The van der Waals surface area contributed by atoms with Crippen LogP contribution >= 0.6 is 0 Å². The number of hydrogen-bond donors (Lipinski definition) is 0. The summed E-state index contributed by atoms with van der Waals surface area (Å²) in [6.07, 6.45) is 13.7. The SMILES string of the molecule is C=CN1CCCC1C(=NC(C)C)OC(=C)C1=CC=C2C(C=CN2C)C1. The van der Waals surface area contributed by atoms with Gasteiger partial charge in [0.2, 0.25) is 5.90 Å². The van der Waals surface area contributed by atoms with Crippen LogP contribution in [0.15, 0.2) is 65.8 Å². The molecule has 0 radical (unpaired) electrons. The van der Waals surface area contributed by atoms with Crippen molar-refractivity contribution in [1.29, 1.82) is 0 Å². The molecule has 2 unspecified atom stereocenters. The smallest absolute Gasteiger partial charge is 0.213 e. The zero-order valence-electron chi connectivity index (χ0n) is 15.6. The van der Waals surface area contributed by atoms with E-state index in [2.05, 4.69) is 68.3 Å². The molecule has 0 bridgehead atoms. The highest BCUT2D eigenvalue weighted by Gasteiger charge is 2.30. The lowest BCUT2D eigenvalue weighted by Crippen LogP contribution is -2.34. The Morgan fingerprint density at radius 1 is 1.40 bits per heavy atom. The summed E-state index contributed by atoms with van der Waals surface area (Å²) >= 11 is 0. The molecule has 0 aromatic rings. The number of fused-ring (bicyclic) bond motifs is 1. The van der Waals surface area contributed by atoms with Crippen molar-refractivity contribution in [2.75, 3.05) is 13.6 Å². The van der Waals surface area contributed by atoms with Crippen LogP contribution in [0.5, 0.6) is 0 Å². The molecule has 0 N–H and O–H groups in total. The Balaban J connectivity index is 1.75. The summed E-state index contributed by atoms with van der Waals surface area (Å²) in [7, 11) is 2.09. The van der Waals surface area contributed by atoms with Crippen LogP contribution in [-0.2, 0) is 4.74 Å². The third kappa shape index (κ3) is 3.73. The Labute approximate surface area is 151 Å². The molecule has 1 aliphatic carbocycles. The van der Waals surface area contributed by atoms with Crippen LogP contribution in [0.4, 0.5) is 0 Å². The van der Waals surface area contributed by atoms with E-state index < -0.39 is 0 Å². The lowest BCUT2D eigenvalue weighted by Gasteiger charge is -2.27. The molecule has 0 amide bonds. The van der Waals surface area contributed by atoms with Crippen molar-refractivity contribution in [3.63, 3.8) is 0 Å². The lowest BCUT2D eigenvalue weighted by atomic mass is 9.91. The van der Waals surface area contributed by atoms with Gasteiger partial charge in [-0.2, -0.15) is 0 Å². The van der Waals surface area contributed by atoms with Gasteiger partial charge in [-0.05, 0) is 51.0 Å². The average Bonchev–Trinajstić information content (AvgIpc) is 3.20. The minimum Gasteiger partial charge on any atom is -0.441 e. The molecule has 0 spiro atoms. The number of hydrogen-bond acceptors (Lipinski definition) is 4. The number of rotatable bonds is 5. The fraction of sp³-hybridized carbons (Fsp3) is 0.476. The van der Waals surface area contributed by atoms with Gasteiger partial charge in [0.25, 0.3) is 0 Å². The van der Waals surface area contributed by atoms with E-state index in [0.29, 0.717) is 11.7 Å². The highest BCUT2D eigenvalue weighted by molar-refractivity contribution is 5.83. The van der Waals surface area contributed by atoms with Gasteiger partial charge in [0.1, 0.15) is 11.8 Å². The van der Waals surface area contributed by atoms with E-state index in [0.717, 1.165) is 37.3 Å². The van der Waals surface area contributed by atoms with E-state index in [-0.39, 0.29) is 12.1 Å². The Kier molecular flexibility index (Phi) is 5.16. The van der Waals surface area contributed by atoms with Crippen molar-refractivity contribution in [3.05, 3.63) is 60.8 Å². The molecule has 1 saturated heterocycles. The predicted octanol–water partition coefficient (Wildman–Crippen LogP) is 4.22. The molecule has 3 rings (SSSR count). The second-order valence-electron chi connectivity index (χ2n) is 7.21. The maximum Gasteiger partial charge on any atom is 0.213 e. The summed E-state index contributed by atoms with van der Waals surface area (Å²) in [6, 6.07) is 0.359. The minimum atomic E-state index is 0.171. The Hall–Kier alpha value is -2.23. The molecule has 1 fully saturated rings.